The van der Waals surface area contributed by atoms with Gasteiger partial charge in [0, 0.05) is 24.2 Å². The highest BCUT2D eigenvalue weighted by Crippen LogP contribution is 2.54. The first-order chi connectivity index (χ1) is 15.3. The lowest BCUT2D eigenvalue weighted by molar-refractivity contribution is -0.137. The van der Waals surface area contributed by atoms with Gasteiger partial charge in [-0.3, -0.25) is 4.79 Å². The van der Waals surface area contributed by atoms with Crippen molar-refractivity contribution in [1.82, 2.24) is 14.8 Å². The smallest absolute Gasteiger partial charge is 0.371 e. The summed E-state index contributed by atoms with van der Waals surface area (Å²) in [5, 5.41) is 7.43. The summed E-state index contributed by atoms with van der Waals surface area (Å²) in [7, 11) is 0. The second-order valence-corrected chi connectivity index (χ2v) is 8.80. The van der Waals surface area contributed by atoms with Crippen LogP contribution in [-0.2, 0) is 6.54 Å². The molecular formula is C23H24F3N5O. The minimum Gasteiger partial charge on any atom is -0.371 e. The number of hydrogen-bond donors (Lipinski definition) is 1. The molecule has 0 bridgehead atoms. The SMILES string of the molecule is O=C(Nc1ccc2cnn(CCC(F)(F)F)c2n1)c1ccccc1N1CCC2(CC1)CC2. The molecule has 168 valence electrons. The Balaban J connectivity index is 1.34. The van der Waals surface area contributed by atoms with Crippen molar-refractivity contribution in [2.24, 2.45) is 5.41 Å². The van der Waals surface area contributed by atoms with Crippen molar-refractivity contribution in [3.63, 3.8) is 0 Å². The van der Waals surface area contributed by atoms with E-state index in [1.807, 2.05) is 18.2 Å². The van der Waals surface area contributed by atoms with Gasteiger partial charge in [-0.25, -0.2) is 9.67 Å². The number of halogens is 3. The predicted octanol–water partition coefficient (Wildman–Crippen LogP) is 5.02. The minimum absolute atomic E-state index is 0.279. The van der Waals surface area contributed by atoms with E-state index in [0.717, 1.165) is 31.6 Å². The van der Waals surface area contributed by atoms with Gasteiger partial charge in [-0.15, -0.1) is 0 Å². The van der Waals surface area contributed by atoms with E-state index in [-0.39, 0.29) is 18.3 Å². The van der Waals surface area contributed by atoms with E-state index in [9.17, 15) is 18.0 Å². The second kappa shape index (κ2) is 7.79. The van der Waals surface area contributed by atoms with Crippen LogP contribution in [0.3, 0.4) is 0 Å². The number of rotatable bonds is 5. The molecule has 32 heavy (non-hydrogen) atoms. The lowest BCUT2D eigenvalue weighted by Crippen LogP contribution is -2.35. The summed E-state index contributed by atoms with van der Waals surface area (Å²) in [5.41, 5.74) is 2.32. The third-order valence-corrected chi connectivity index (χ3v) is 6.61. The molecule has 0 unspecified atom stereocenters. The van der Waals surface area contributed by atoms with E-state index < -0.39 is 12.6 Å². The molecule has 1 spiro atoms. The summed E-state index contributed by atoms with van der Waals surface area (Å²) in [4.78, 5) is 19.7. The number of para-hydroxylation sites is 1. The highest BCUT2D eigenvalue weighted by atomic mass is 19.4. The minimum atomic E-state index is -4.28. The van der Waals surface area contributed by atoms with Crippen LogP contribution in [0.1, 0.15) is 42.5 Å². The molecule has 9 heteroatoms. The molecule has 5 rings (SSSR count). The van der Waals surface area contributed by atoms with Gasteiger partial charge in [0.05, 0.1) is 24.7 Å². The Morgan fingerprint density at radius 2 is 1.81 bits per heavy atom. The van der Waals surface area contributed by atoms with Gasteiger partial charge in [0.2, 0.25) is 0 Å². The molecule has 0 radical (unpaired) electrons. The van der Waals surface area contributed by atoms with Crippen LogP contribution in [0.4, 0.5) is 24.7 Å². The Kier molecular flexibility index (Phi) is 5.06. The first-order valence-electron chi connectivity index (χ1n) is 10.9. The average Bonchev–Trinajstić information content (AvgIpc) is 3.40. The highest BCUT2D eigenvalue weighted by Gasteiger charge is 2.44. The third kappa shape index (κ3) is 4.28. The van der Waals surface area contributed by atoms with Gasteiger partial charge in [-0.05, 0) is 55.4 Å². The van der Waals surface area contributed by atoms with Crippen molar-refractivity contribution < 1.29 is 18.0 Å². The predicted molar refractivity (Wildman–Crippen MR) is 116 cm³/mol. The maximum atomic E-state index is 13.1. The molecule has 2 aromatic heterocycles. The second-order valence-electron chi connectivity index (χ2n) is 8.80. The molecule has 1 saturated carbocycles. The van der Waals surface area contributed by atoms with Crippen LogP contribution in [0, 0.1) is 5.41 Å². The number of aromatic nitrogens is 3. The first-order valence-corrected chi connectivity index (χ1v) is 10.9. The number of carbonyl (C=O) groups excluding carboxylic acids is 1. The zero-order valence-corrected chi connectivity index (χ0v) is 17.5. The molecule has 1 aliphatic heterocycles. The van der Waals surface area contributed by atoms with Crippen molar-refractivity contribution in [2.75, 3.05) is 23.3 Å². The third-order valence-electron chi connectivity index (χ3n) is 6.61. The Morgan fingerprint density at radius 3 is 2.53 bits per heavy atom. The number of piperidine rings is 1. The molecule has 1 aliphatic carbocycles. The van der Waals surface area contributed by atoms with E-state index in [2.05, 4.69) is 20.3 Å². The van der Waals surface area contributed by atoms with Crippen LogP contribution in [0.5, 0.6) is 0 Å². The molecule has 2 aliphatic rings. The van der Waals surface area contributed by atoms with E-state index >= 15 is 0 Å². The molecule has 0 atom stereocenters. The topological polar surface area (TPSA) is 63.1 Å². The lowest BCUT2D eigenvalue weighted by atomic mass is 9.93. The molecule has 1 aromatic carbocycles. The molecule has 6 nitrogen and oxygen atoms in total. The van der Waals surface area contributed by atoms with Gasteiger partial charge in [-0.1, -0.05) is 12.1 Å². The van der Waals surface area contributed by atoms with Gasteiger partial charge in [0.1, 0.15) is 5.82 Å². The standard InChI is InChI=1S/C23H24F3N5O/c24-23(25,26)11-14-31-20-16(15-27-31)5-6-19(28-20)29-21(32)17-3-1-2-4-18(17)30-12-9-22(7-8-22)10-13-30/h1-6,15H,7-14H2,(H,28,29,32). The molecule has 2 fully saturated rings. The number of pyridine rings is 1. The number of nitrogens with one attached hydrogen (secondary N) is 1. The Hall–Kier alpha value is -3.10. The summed E-state index contributed by atoms with van der Waals surface area (Å²) >= 11 is 0. The van der Waals surface area contributed by atoms with Crippen molar-refractivity contribution in [1.29, 1.82) is 0 Å². The molecule has 1 amide bonds. The monoisotopic (exact) mass is 443 g/mol. The number of aryl methyl sites for hydroxylation is 1. The fraction of sp³-hybridized carbons (Fsp3) is 0.435. The number of benzene rings is 1. The Morgan fingerprint density at radius 1 is 1.06 bits per heavy atom. The summed E-state index contributed by atoms with van der Waals surface area (Å²) < 4.78 is 39.0. The Labute approximate surface area is 183 Å². The van der Waals surface area contributed by atoms with Crippen LogP contribution in [0.15, 0.2) is 42.6 Å². The number of nitrogens with zero attached hydrogens (tertiary/aromatic N) is 4. The fourth-order valence-electron chi connectivity index (χ4n) is 4.44. The van der Waals surface area contributed by atoms with Crippen LogP contribution >= 0.6 is 0 Å². The normalized spacial score (nSPS) is 17.7. The lowest BCUT2D eigenvalue weighted by Gasteiger charge is -2.34. The maximum absolute atomic E-state index is 13.1. The van der Waals surface area contributed by atoms with Crippen LogP contribution in [0.2, 0.25) is 0 Å². The number of anilines is 2. The van der Waals surface area contributed by atoms with Gasteiger partial charge < -0.3 is 10.2 Å². The van der Waals surface area contributed by atoms with Gasteiger partial charge >= 0.3 is 6.18 Å². The molecule has 1 saturated heterocycles. The van der Waals surface area contributed by atoms with Crippen LogP contribution in [-0.4, -0.2) is 39.9 Å². The summed E-state index contributed by atoms with van der Waals surface area (Å²) in [6.07, 6.45) is 1.15. The van der Waals surface area contributed by atoms with E-state index in [1.54, 1.807) is 18.2 Å². The molecule has 1 N–H and O–H groups in total. The van der Waals surface area contributed by atoms with Gasteiger partial charge in [0.15, 0.2) is 5.65 Å². The highest BCUT2D eigenvalue weighted by molar-refractivity contribution is 6.08. The van der Waals surface area contributed by atoms with E-state index in [4.69, 9.17) is 0 Å². The zero-order chi connectivity index (χ0) is 22.3. The van der Waals surface area contributed by atoms with Crippen molar-refractivity contribution in [2.45, 2.75) is 44.8 Å². The summed E-state index contributed by atoms with van der Waals surface area (Å²) in [6.45, 7) is 1.55. The number of alkyl halides is 3. The molecule has 3 heterocycles. The van der Waals surface area contributed by atoms with Gasteiger partial charge in [0.25, 0.3) is 5.91 Å². The fourth-order valence-corrected chi connectivity index (χ4v) is 4.44. The van der Waals surface area contributed by atoms with Crippen LogP contribution in [0.25, 0.3) is 11.0 Å². The van der Waals surface area contributed by atoms with E-state index in [0.29, 0.717) is 22.0 Å². The summed E-state index contributed by atoms with van der Waals surface area (Å²) in [5.74, 6) is -0.0119. The molecular weight excluding hydrogens is 419 g/mol. The molecule has 3 aromatic rings. The number of carbonyl (C=O) groups is 1. The summed E-state index contributed by atoms with van der Waals surface area (Å²) in [6, 6.07) is 10.8. The maximum Gasteiger partial charge on any atom is 0.390 e. The van der Waals surface area contributed by atoms with Crippen molar-refractivity contribution in [3.8, 4) is 0 Å². The zero-order valence-electron chi connectivity index (χ0n) is 17.5. The van der Waals surface area contributed by atoms with Gasteiger partial charge in [-0.2, -0.15) is 18.3 Å². The quantitative estimate of drug-likeness (QED) is 0.602. The van der Waals surface area contributed by atoms with Crippen LogP contribution < -0.4 is 10.2 Å². The Bertz CT molecular complexity index is 1140. The van der Waals surface area contributed by atoms with Crippen molar-refractivity contribution >= 4 is 28.4 Å². The number of amides is 1. The first kappa shape index (κ1) is 20.8. The number of hydrogen-bond acceptors (Lipinski definition) is 4. The van der Waals surface area contributed by atoms with E-state index in [1.165, 1.54) is 23.7 Å². The largest absolute Gasteiger partial charge is 0.390 e. The van der Waals surface area contributed by atoms with Crippen molar-refractivity contribution in [3.05, 3.63) is 48.2 Å². The average molecular weight is 443 g/mol. The number of fused-ring (bicyclic) bond motifs is 1.